The van der Waals surface area contributed by atoms with E-state index in [1.54, 1.807) is 24.0 Å². The first-order valence-electron chi connectivity index (χ1n) is 8.45. The van der Waals surface area contributed by atoms with E-state index in [2.05, 4.69) is 10.1 Å². The molecule has 8 heteroatoms. The van der Waals surface area contributed by atoms with Crippen molar-refractivity contribution in [3.8, 4) is 11.4 Å². The van der Waals surface area contributed by atoms with Crippen molar-refractivity contribution in [2.24, 2.45) is 11.8 Å². The zero-order valence-electron chi connectivity index (χ0n) is 14.6. The lowest BCUT2D eigenvalue weighted by Crippen LogP contribution is -2.30. The predicted octanol–water partition coefficient (Wildman–Crippen LogP) is 2.30. The zero-order chi connectivity index (χ0) is 18.8. The number of carbonyl (C=O) groups is 2. The Morgan fingerprint density at radius 3 is 2.81 bits per heavy atom. The summed E-state index contributed by atoms with van der Waals surface area (Å²) >= 11 is 0. The second-order valence-electron chi connectivity index (χ2n) is 6.70. The molecule has 1 amide bonds. The molecule has 26 heavy (non-hydrogen) atoms. The van der Waals surface area contributed by atoms with Crippen LogP contribution in [0.25, 0.3) is 11.4 Å². The molecule has 3 rings (SSSR count). The molecule has 1 saturated heterocycles. The van der Waals surface area contributed by atoms with E-state index in [0.29, 0.717) is 29.4 Å². The molecule has 7 nitrogen and oxygen atoms in total. The lowest BCUT2D eigenvalue weighted by Gasteiger charge is -2.15. The Morgan fingerprint density at radius 1 is 1.38 bits per heavy atom. The number of amides is 1. The number of halogens is 1. The van der Waals surface area contributed by atoms with E-state index < -0.39 is 11.9 Å². The van der Waals surface area contributed by atoms with Crippen LogP contribution in [0.2, 0.25) is 0 Å². The highest BCUT2D eigenvalue weighted by molar-refractivity contribution is 5.79. The van der Waals surface area contributed by atoms with E-state index in [1.165, 1.54) is 6.07 Å². The lowest BCUT2D eigenvalue weighted by molar-refractivity contribution is -0.142. The van der Waals surface area contributed by atoms with Gasteiger partial charge in [0.15, 0.2) is 0 Å². The van der Waals surface area contributed by atoms with Gasteiger partial charge in [0.25, 0.3) is 0 Å². The van der Waals surface area contributed by atoms with Gasteiger partial charge in [-0.05, 0) is 36.6 Å². The molecule has 1 aliphatic rings. The molecule has 2 atom stereocenters. The van der Waals surface area contributed by atoms with Gasteiger partial charge in [-0.1, -0.05) is 12.1 Å². The molecule has 0 spiro atoms. The van der Waals surface area contributed by atoms with Gasteiger partial charge in [-0.2, -0.15) is 4.98 Å². The van der Waals surface area contributed by atoms with Gasteiger partial charge in [0, 0.05) is 31.5 Å². The van der Waals surface area contributed by atoms with Crippen LogP contribution in [-0.2, 0) is 16.0 Å². The van der Waals surface area contributed by atoms with Crippen LogP contribution < -0.4 is 0 Å². The van der Waals surface area contributed by atoms with Crippen LogP contribution in [0, 0.1) is 24.6 Å². The number of hydrogen-bond donors (Lipinski definition) is 1. The summed E-state index contributed by atoms with van der Waals surface area (Å²) in [5.74, 6) is -1.22. The van der Waals surface area contributed by atoms with Crippen molar-refractivity contribution in [2.45, 2.75) is 26.7 Å². The number of likely N-dealkylation sites (tertiary alicyclic amines) is 1. The SMILES string of the molecule is Cc1cc(-c2noc(CCC(=O)N3C[C@@H](C)[C@H](C(=O)O)C3)n2)ccc1F. The molecule has 138 valence electrons. The second kappa shape index (κ2) is 7.23. The predicted molar refractivity (Wildman–Crippen MR) is 89.6 cm³/mol. The molecule has 1 fully saturated rings. The highest BCUT2D eigenvalue weighted by Crippen LogP contribution is 2.24. The number of aliphatic carboxylic acids is 1. The summed E-state index contributed by atoms with van der Waals surface area (Å²) in [5, 5.41) is 13.0. The van der Waals surface area contributed by atoms with Crippen molar-refractivity contribution >= 4 is 11.9 Å². The molecule has 0 unspecified atom stereocenters. The smallest absolute Gasteiger partial charge is 0.308 e. The van der Waals surface area contributed by atoms with Crippen LogP contribution >= 0.6 is 0 Å². The van der Waals surface area contributed by atoms with E-state index in [0.717, 1.165) is 0 Å². The van der Waals surface area contributed by atoms with Crippen molar-refractivity contribution in [3.05, 3.63) is 35.5 Å². The first kappa shape index (κ1) is 18.0. The molecule has 1 aromatic heterocycles. The molecule has 1 aromatic carbocycles. The normalized spacial score (nSPS) is 19.7. The summed E-state index contributed by atoms with van der Waals surface area (Å²) in [4.78, 5) is 29.3. The van der Waals surface area contributed by atoms with Gasteiger partial charge >= 0.3 is 5.97 Å². The van der Waals surface area contributed by atoms with E-state index in [1.807, 2.05) is 6.92 Å². The minimum absolute atomic E-state index is 0.0619. The van der Waals surface area contributed by atoms with Crippen molar-refractivity contribution in [1.29, 1.82) is 0 Å². The number of carboxylic acids is 1. The fourth-order valence-electron chi connectivity index (χ4n) is 3.12. The quantitative estimate of drug-likeness (QED) is 0.878. The van der Waals surface area contributed by atoms with Crippen LogP contribution in [0.1, 0.15) is 24.8 Å². The fraction of sp³-hybridized carbons (Fsp3) is 0.444. The van der Waals surface area contributed by atoms with Gasteiger partial charge < -0.3 is 14.5 Å². The Hall–Kier alpha value is -2.77. The molecular formula is C18H20FN3O4. The van der Waals surface area contributed by atoms with E-state index >= 15 is 0 Å². The van der Waals surface area contributed by atoms with E-state index in [-0.39, 0.29) is 37.0 Å². The second-order valence-corrected chi connectivity index (χ2v) is 6.70. The average molecular weight is 361 g/mol. The monoisotopic (exact) mass is 361 g/mol. The van der Waals surface area contributed by atoms with Gasteiger partial charge in [0.05, 0.1) is 5.92 Å². The van der Waals surface area contributed by atoms with Gasteiger partial charge in [-0.25, -0.2) is 4.39 Å². The first-order chi connectivity index (χ1) is 12.3. The number of hydrogen-bond acceptors (Lipinski definition) is 5. The number of aryl methyl sites for hydroxylation is 2. The lowest BCUT2D eigenvalue weighted by atomic mass is 9.99. The summed E-state index contributed by atoms with van der Waals surface area (Å²) < 4.78 is 18.5. The number of carboxylic acid groups (broad SMARTS) is 1. The van der Waals surface area contributed by atoms with Gasteiger partial charge in [0.2, 0.25) is 17.6 Å². The summed E-state index contributed by atoms with van der Waals surface area (Å²) in [6.45, 7) is 4.17. The Bertz CT molecular complexity index is 836. The van der Waals surface area contributed by atoms with Gasteiger partial charge in [-0.3, -0.25) is 9.59 Å². The summed E-state index contributed by atoms with van der Waals surface area (Å²) in [6.07, 6.45) is 0.442. The zero-order valence-corrected chi connectivity index (χ0v) is 14.6. The molecule has 0 radical (unpaired) electrons. The number of benzene rings is 1. The summed E-state index contributed by atoms with van der Waals surface area (Å²) in [5.41, 5.74) is 1.13. The van der Waals surface area contributed by atoms with Crippen LogP contribution in [0.3, 0.4) is 0 Å². The van der Waals surface area contributed by atoms with Crippen molar-refractivity contribution in [2.75, 3.05) is 13.1 Å². The number of carbonyl (C=O) groups excluding carboxylic acids is 1. The number of nitrogens with zero attached hydrogens (tertiary/aromatic N) is 3. The number of rotatable bonds is 5. The first-order valence-corrected chi connectivity index (χ1v) is 8.45. The van der Waals surface area contributed by atoms with Crippen LogP contribution in [-0.4, -0.2) is 45.1 Å². The molecule has 0 aliphatic carbocycles. The minimum Gasteiger partial charge on any atom is -0.481 e. The topological polar surface area (TPSA) is 96.5 Å². The Morgan fingerprint density at radius 2 is 2.15 bits per heavy atom. The van der Waals surface area contributed by atoms with Crippen LogP contribution in [0.4, 0.5) is 4.39 Å². The Balaban J connectivity index is 1.59. The molecule has 2 heterocycles. The Kier molecular flexibility index (Phi) is 5.01. The van der Waals surface area contributed by atoms with E-state index in [4.69, 9.17) is 9.63 Å². The fourth-order valence-corrected chi connectivity index (χ4v) is 3.12. The maximum Gasteiger partial charge on any atom is 0.308 e. The summed E-state index contributed by atoms with van der Waals surface area (Å²) in [7, 11) is 0. The highest BCUT2D eigenvalue weighted by atomic mass is 19.1. The maximum atomic E-state index is 13.3. The molecular weight excluding hydrogens is 341 g/mol. The van der Waals surface area contributed by atoms with Crippen molar-refractivity contribution in [1.82, 2.24) is 15.0 Å². The van der Waals surface area contributed by atoms with E-state index in [9.17, 15) is 14.0 Å². The third kappa shape index (κ3) is 3.74. The standard InChI is InChI=1S/C18H20FN3O4/c1-10-7-12(3-4-14(10)19)17-20-15(26-21-17)5-6-16(23)22-8-11(2)13(9-22)18(24)25/h3-4,7,11,13H,5-6,8-9H2,1-2H3,(H,24,25)/t11-,13-/m1/s1. The number of aromatic nitrogens is 2. The largest absolute Gasteiger partial charge is 0.481 e. The van der Waals surface area contributed by atoms with Crippen LogP contribution in [0.15, 0.2) is 22.7 Å². The molecule has 2 aromatic rings. The maximum absolute atomic E-state index is 13.3. The third-order valence-electron chi connectivity index (χ3n) is 4.72. The molecule has 0 saturated carbocycles. The molecule has 1 aliphatic heterocycles. The van der Waals surface area contributed by atoms with Crippen LogP contribution in [0.5, 0.6) is 0 Å². The highest BCUT2D eigenvalue weighted by Gasteiger charge is 2.36. The van der Waals surface area contributed by atoms with Crippen molar-refractivity contribution < 1.29 is 23.6 Å². The van der Waals surface area contributed by atoms with Gasteiger partial charge in [0.1, 0.15) is 5.82 Å². The Labute approximate surface area is 149 Å². The third-order valence-corrected chi connectivity index (χ3v) is 4.72. The average Bonchev–Trinajstić information content (AvgIpc) is 3.22. The van der Waals surface area contributed by atoms with Crippen molar-refractivity contribution in [3.63, 3.8) is 0 Å². The molecule has 1 N–H and O–H groups in total. The summed E-state index contributed by atoms with van der Waals surface area (Å²) in [6, 6.07) is 4.55. The minimum atomic E-state index is -0.871. The molecule has 0 bridgehead atoms. The van der Waals surface area contributed by atoms with Gasteiger partial charge in [-0.15, -0.1) is 0 Å².